The van der Waals surface area contributed by atoms with Crippen LogP contribution in [0.1, 0.15) is 112 Å². The highest BCUT2D eigenvalue weighted by atomic mass is 32.3. The van der Waals surface area contributed by atoms with E-state index in [2.05, 4.69) is 80.6 Å². The van der Waals surface area contributed by atoms with Gasteiger partial charge in [-0.1, -0.05) is 53.9 Å². The van der Waals surface area contributed by atoms with E-state index in [1.165, 1.54) is 0 Å². The summed E-state index contributed by atoms with van der Waals surface area (Å²) in [5, 5.41) is 0. The molecule has 0 bridgehead atoms. The maximum Gasteiger partial charge on any atom is 0.397 e. The second kappa shape index (κ2) is 39.9. The molecule has 4 aliphatic carbocycles. The van der Waals surface area contributed by atoms with E-state index in [0.717, 1.165) is 44.9 Å². The SMILES string of the molecule is CC(C)CCC[C@@H](C)[C@H]1CC[C@H]2[C@@H]3CCC4CC(OC5O[C@H](COS(=O)(=O)O)C(OC6O[C@H](COS(=O)(=O)O)C(OC7O[C@H](COS(=O)(=O)O)C(OC8O[C@H](COS(=O)(=O)O)[C@@H](OS(=O)(=O)O)[C@H](OS(=O)(=O)O)[C@H]8OS(=O)(=O)O)[C@H](OS(=O)(=O)O)[C@H]7OS(=O)(=O)O)[C@H](OS(=O)(=O)O)[C@H]6OS(=O)(=O)O)[C@H](OS(=O)(=O)O)[C@H]5OS(=O)(=O)O)CC[C@]4(C)[C@H]3CC[C@]12C. The first-order valence-electron chi connectivity index (χ1n) is 35.6. The van der Waals surface area contributed by atoms with E-state index in [0.29, 0.717) is 42.9 Å². The topological polar surface area (TPSA) is 901 Å². The van der Waals surface area contributed by atoms with Gasteiger partial charge in [-0.2, -0.15) is 109 Å². The van der Waals surface area contributed by atoms with Crippen LogP contribution in [0.15, 0.2) is 0 Å². The Hall–Kier alpha value is -2.01. The van der Waals surface area contributed by atoms with Crippen molar-refractivity contribution < 1.29 is 261 Å². The molecule has 4 saturated heterocycles. The average Bonchev–Trinajstić information content (AvgIpc) is 1.47. The summed E-state index contributed by atoms with van der Waals surface area (Å²) in [5.74, 6) is 1.91. The van der Waals surface area contributed by atoms with Gasteiger partial charge < -0.3 is 37.9 Å². The third kappa shape index (κ3) is 31.8. The van der Waals surface area contributed by atoms with Gasteiger partial charge in [-0.3, -0.25) is 59.2 Å². The molecule has 8 fully saturated rings. The summed E-state index contributed by atoms with van der Waals surface area (Å²) < 4.78 is 562. The van der Waals surface area contributed by atoms with Crippen molar-refractivity contribution in [2.75, 3.05) is 26.4 Å². The van der Waals surface area contributed by atoms with Crippen LogP contribution < -0.4 is 0 Å². The van der Waals surface area contributed by atoms with Crippen LogP contribution in [0.3, 0.4) is 0 Å². The lowest BCUT2D eigenvalue weighted by molar-refractivity contribution is -0.380. The summed E-state index contributed by atoms with van der Waals surface area (Å²) in [7, 11) is -83.6. The van der Waals surface area contributed by atoms with Gasteiger partial charge in [-0.25, -0.2) is 54.4 Å². The molecule has 0 radical (unpaired) electrons. The minimum absolute atomic E-state index is 0.00149. The molecule has 0 spiro atoms. The van der Waals surface area contributed by atoms with E-state index < -0.39 is 296 Å². The molecule has 0 aromatic rings. The molecule has 4 heterocycles. The van der Waals surface area contributed by atoms with Crippen LogP contribution in [0, 0.1) is 52.3 Å². The summed E-state index contributed by atoms with van der Waals surface area (Å²) in [6.45, 7) is 2.20. The molecule has 8 aliphatic rings. The molecule has 73 heteroatoms. The first-order valence-corrected chi connectivity index (χ1v) is 53.3. The first kappa shape index (κ1) is 107. The Kier molecular flexibility index (Phi) is 34.5. The Morgan fingerprint density at radius 2 is 0.573 bits per heavy atom. The quantitative estimate of drug-likeness (QED) is 0.0208. The van der Waals surface area contributed by atoms with Crippen LogP contribution in [-0.2, 0) is 227 Å². The number of hydrogen-bond acceptors (Lipinski definition) is 47. The van der Waals surface area contributed by atoms with Crippen molar-refractivity contribution in [2.45, 2.75) is 241 Å². The Morgan fingerprint density at radius 3 is 0.879 bits per heavy atom. The number of fused-ring (bicyclic) bond motifs is 5. The van der Waals surface area contributed by atoms with Crippen molar-refractivity contribution in [1.82, 2.24) is 0 Å². The van der Waals surface area contributed by atoms with E-state index >= 15 is 0 Å². The van der Waals surface area contributed by atoms with Gasteiger partial charge >= 0.3 is 135 Å². The molecular formula is C51H88O60S13. The summed E-state index contributed by atoms with van der Waals surface area (Å²) in [6.07, 6.45) is -63.1. The number of rotatable bonds is 43. The fourth-order valence-electron chi connectivity index (χ4n) is 17.8. The smallest absolute Gasteiger partial charge is 0.347 e. The average molecular weight is 2080 g/mol. The number of hydrogen-bond donors (Lipinski definition) is 13. The third-order valence-corrected chi connectivity index (χ3v) is 27.9. The van der Waals surface area contributed by atoms with E-state index in [4.69, 9.17) is 46.3 Å². The Labute approximate surface area is 710 Å². The molecule has 0 aromatic heterocycles. The zero-order chi connectivity index (χ0) is 93.8. The van der Waals surface area contributed by atoms with Crippen LogP contribution in [0.25, 0.3) is 0 Å². The molecule has 60 nitrogen and oxygen atoms in total. The highest BCUT2D eigenvalue weighted by Gasteiger charge is 2.66. The zero-order valence-electron chi connectivity index (χ0n) is 63.8. The molecule has 4 saturated carbocycles. The molecule has 29 atom stereocenters. The summed E-state index contributed by atoms with van der Waals surface area (Å²) in [5.41, 5.74) is -0.420. The zero-order valence-corrected chi connectivity index (χ0v) is 74.4. The van der Waals surface area contributed by atoms with Gasteiger partial charge in [0, 0.05) is 0 Å². The Balaban J connectivity index is 1.25. The molecule has 730 valence electrons. The molecular weight excluding hydrogens is 1990 g/mol. The van der Waals surface area contributed by atoms with Crippen molar-refractivity contribution in [3.8, 4) is 0 Å². The fourth-order valence-corrected chi connectivity index (χ4v) is 23.5. The van der Waals surface area contributed by atoms with Crippen molar-refractivity contribution in [3.63, 3.8) is 0 Å². The van der Waals surface area contributed by atoms with E-state index in [1.807, 2.05) is 0 Å². The van der Waals surface area contributed by atoms with Crippen molar-refractivity contribution in [3.05, 3.63) is 0 Å². The van der Waals surface area contributed by atoms with Crippen LogP contribution in [0.5, 0.6) is 0 Å². The van der Waals surface area contributed by atoms with Crippen LogP contribution >= 0.6 is 0 Å². The summed E-state index contributed by atoms with van der Waals surface area (Å²) in [6, 6.07) is 0. The second-order valence-electron chi connectivity index (χ2n) is 30.4. The first-order chi connectivity index (χ1) is 55.9. The lowest BCUT2D eigenvalue weighted by Gasteiger charge is -2.61. The lowest BCUT2D eigenvalue weighted by Crippen LogP contribution is -2.69. The minimum Gasteiger partial charge on any atom is -0.347 e. The molecule has 4 aliphatic heterocycles. The molecule has 9 unspecified atom stereocenters. The second-order valence-corrected chi connectivity index (χ2v) is 44.2. The third-order valence-electron chi connectivity index (χ3n) is 22.0. The highest BCUT2D eigenvalue weighted by Crippen LogP contribution is 2.69. The molecule has 0 amide bonds. The standard InChI is InChI=1S/C51H88O60S13/c1-22(2)7-6-8-23(3)27-11-12-28-26-10-9-24-17-25(13-15-50(24,4)29(26)14-16-51(27,28)5)95-46-42(108-121(79,80)81)38(104-117(67,68)69)34(30(96-46)18-91-112(52,53)54)100-47-43(109-122(82,83)84)39(105-118(70,71)72)35(31(97-47)19-92-113(55,56)57)101-48-44(110-123(85,86)87)40(106-119(73,74)75)36(32(98-48)20-93-114(58,59)60)102-49-45(111-124(88,89)90)41(107-120(76,77)78)37(103-116(64,65)66)33(99-49)21-94-115(61,62)63/h22-49H,6-21H2,1-5H3,(H,52,53,54)(H,55,56,57)(H,58,59,60)(H,61,62,63)(H,64,65,66)(H,67,68,69)(H,70,71,72)(H,73,74,75)(H,76,77,78)(H,79,80,81)(H,82,83,84)(H,85,86,87)(H,88,89,90)/t23-,24?,25?,26+,27-,28+,29+,30-,31-,32-,33-,34?,35?,36?,37-,38+,39+,40+,41+,42-,43-,44-,45-,46?,47?,48?,49?,50+,51-/m1/s1. The summed E-state index contributed by atoms with van der Waals surface area (Å²) in [4.78, 5) is 0. The van der Waals surface area contributed by atoms with Gasteiger partial charge in [0.25, 0.3) is 0 Å². The maximum absolute atomic E-state index is 13.2. The Bertz CT molecular complexity index is 5310. The lowest BCUT2D eigenvalue weighted by atomic mass is 9.44. The maximum atomic E-state index is 13.2. The highest BCUT2D eigenvalue weighted by molar-refractivity contribution is 7.83. The van der Waals surface area contributed by atoms with Gasteiger partial charge in [-0.15, -0.1) is 0 Å². The molecule has 124 heavy (non-hydrogen) atoms. The predicted octanol–water partition coefficient (Wildman–Crippen LogP) is -3.48. The molecule has 8 rings (SSSR count). The van der Waals surface area contributed by atoms with Crippen molar-refractivity contribution in [1.29, 1.82) is 0 Å². The minimum atomic E-state index is -6.78. The van der Waals surface area contributed by atoms with Gasteiger partial charge in [0.05, 0.1) is 32.5 Å². The predicted molar refractivity (Wildman–Crippen MR) is 385 cm³/mol. The van der Waals surface area contributed by atoms with Crippen LogP contribution in [-0.4, -0.2) is 324 Å². The van der Waals surface area contributed by atoms with Gasteiger partial charge in [-0.05, 0) is 110 Å². The van der Waals surface area contributed by atoms with E-state index in [1.54, 1.807) is 0 Å². The molecule has 0 aromatic carbocycles. The van der Waals surface area contributed by atoms with Gasteiger partial charge in [0.1, 0.15) is 73.2 Å². The molecule has 13 N–H and O–H groups in total. The van der Waals surface area contributed by atoms with Crippen molar-refractivity contribution in [2.24, 2.45) is 52.3 Å². The number of ether oxygens (including phenoxy) is 8. The van der Waals surface area contributed by atoms with E-state index in [9.17, 15) is 169 Å². The fraction of sp³-hybridized carbons (Fsp3) is 1.00. The van der Waals surface area contributed by atoms with Crippen molar-refractivity contribution >= 4 is 135 Å². The monoisotopic (exact) mass is 2080 g/mol. The summed E-state index contributed by atoms with van der Waals surface area (Å²) >= 11 is 0. The van der Waals surface area contributed by atoms with Gasteiger partial charge in [0.2, 0.25) is 0 Å². The Morgan fingerprint density at radius 1 is 0.298 bits per heavy atom. The normalized spacial score (nSPS) is 37.1. The van der Waals surface area contributed by atoms with Gasteiger partial charge in [0.15, 0.2) is 49.6 Å². The largest absolute Gasteiger partial charge is 0.397 e. The van der Waals surface area contributed by atoms with E-state index in [-0.39, 0.29) is 36.0 Å². The van der Waals surface area contributed by atoms with Crippen LogP contribution in [0.4, 0.5) is 0 Å². The van der Waals surface area contributed by atoms with Crippen LogP contribution in [0.2, 0.25) is 0 Å².